The minimum atomic E-state index is -0.374. The Labute approximate surface area is 158 Å². The van der Waals surface area contributed by atoms with Gasteiger partial charge in [-0.3, -0.25) is 14.9 Å². The Bertz CT molecular complexity index is 982. The molecule has 1 aromatic heterocycles. The van der Waals surface area contributed by atoms with Crippen molar-refractivity contribution >= 4 is 45.8 Å². The second kappa shape index (κ2) is 7.17. The van der Waals surface area contributed by atoms with Crippen LogP contribution in [0.4, 0.5) is 4.79 Å². The Morgan fingerprint density at radius 2 is 1.92 bits per heavy atom. The second-order valence-electron chi connectivity index (χ2n) is 6.02. The smallest absolute Gasteiger partial charge is 0.286 e. The summed E-state index contributed by atoms with van der Waals surface area (Å²) in [4.78, 5) is 28.8. The third-order valence-electron chi connectivity index (χ3n) is 4.20. The van der Waals surface area contributed by atoms with Crippen LogP contribution in [0.2, 0.25) is 0 Å². The molecule has 1 atom stereocenters. The van der Waals surface area contributed by atoms with Gasteiger partial charge in [0.25, 0.3) is 5.24 Å². The van der Waals surface area contributed by atoms with Crippen LogP contribution in [0.1, 0.15) is 17.0 Å². The summed E-state index contributed by atoms with van der Waals surface area (Å²) in [6, 6.07) is 14.1. The zero-order valence-electron chi connectivity index (χ0n) is 14.0. The number of benzene rings is 2. The summed E-state index contributed by atoms with van der Waals surface area (Å²) >= 11 is 2.75. The number of thioether (sulfide) groups is 2. The maximum absolute atomic E-state index is 11.7. The topological polar surface area (TPSA) is 72.2 Å². The highest BCUT2D eigenvalue weighted by Crippen LogP contribution is 2.25. The van der Waals surface area contributed by atoms with E-state index in [0.717, 1.165) is 34.0 Å². The first-order chi connectivity index (χ1) is 12.6. The molecule has 1 fully saturated rings. The van der Waals surface area contributed by atoms with E-state index < -0.39 is 0 Å². The lowest BCUT2D eigenvalue weighted by molar-refractivity contribution is -0.118. The number of rotatable bonds is 5. The Morgan fingerprint density at radius 3 is 2.62 bits per heavy atom. The van der Waals surface area contributed by atoms with Crippen molar-refractivity contribution < 1.29 is 14.0 Å². The third kappa shape index (κ3) is 3.64. The molecular formula is C19H16N2O3S2. The Morgan fingerprint density at radius 1 is 1.15 bits per heavy atom. The summed E-state index contributed by atoms with van der Waals surface area (Å²) < 4.78 is 5.84. The fourth-order valence-electron chi connectivity index (χ4n) is 2.88. The van der Waals surface area contributed by atoms with Crippen LogP contribution in [0.3, 0.4) is 0 Å². The number of nitrogens with zero attached hydrogens (tertiary/aromatic N) is 1. The molecule has 5 nitrogen and oxygen atoms in total. The van der Waals surface area contributed by atoms with Crippen molar-refractivity contribution in [1.29, 1.82) is 0 Å². The van der Waals surface area contributed by atoms with Gasteiger partial charge >= 0.3 is 0 Å². The zero-order valence-corrected chi connectivity index (χ0v) is 15.7. The van der Waals surface area contributed by atoms with Gasteiger partial charge in [0.15, 0.2) is 11.5 Å². The van der Waals surface area contributed by atoms with Crippen molar-refractivity contribution in [2.24, 2.45) is 0 Å². The second-order valence-corrected chi connectivity index (χ2v) is 8.08. The number of aromatic nitrogens is 1. The van der Waals surface area contributed by atoms with E-state index in [1.165, 1.54) is 4.90 Å². The van der Waals surface area contributed by atoms with Crippen molar-refractivity contribution in [3.05, 3.63) is 59.5 Å². The van der Waals surface area contributed by atoms with Crippen molar-refractivity contribution in [2.45, 2.75) is 23.0 Å². The van der Waals surface area contributed by atoms with E-state index in [9.17, 15) is 9.59 Å². The number of fused-ring (bicyclic) bond motifs is 1. The van der Waals surface area contributed by atoms with Crippen molar-refractivity contribution in [3.63, 3.8) is 0 Å². The highest BCUT2D eigenvalue weighted by Gasteiger charge is 2.31. The molecule has 2 aromatic carbocycles. The average Bonchev–Trinajstić information content (AvgIpc) is 3.17. The van der Waals surface area contributed by atoms with Crippen LogP contribution in [0, 0.1) is 0 Å². The first-order valence-electron chi connectivity index (χ1n) is 8.13. The molecule has 4 rings (SSSR count). The quantitative estimate of drug-likeness (QED) is 0.670. The molecule has 1 unspecified atom stereocenters. The number of amides is 2. The normalized spacial score (nSPS) is 17.0. The van der Waals surface area contributed by atoms with E-state index in [0.29, 0.717) is 18.7 Å². The van der Waals surface area contributed by atoms with Crippen LogP contribution in [-0.4, -0.2) is 27.6 Å². The molecule has 1 aliphatic heterocycles. The molecule has 26 heavy (non-hydrogen) atoms. The molecule has 0 spiro atoms. The monoisotopic (exact) mass is 384 g/mol. The predicted octanol–water partition coefficient (Wildman–Crippen LogP) is 4.03. The molecule has 7 heteroatoms. The van der Waals surface area contributed by atoms with Gasteiger partial charge in [-0.05, 0) is 48.1 Å². The number of carbonyl (C=O) groups excluding carboxylic acids is 2. The lowest BCUT2D eigenvalue weighted by atomic mass is 10.1. The summed E-state index contributed by atoms with van der Waals surface area (Å²) in [7, 11) is 0. The van der Waals surface area contributed by atoms with Gasteiger partial charge in [0.1, 0.15) is 5.52 Å². The molecule has 0 radical (unpaired) electrons. The van der Waals surface area contributed by atoms with Crippen LogP contribution < -0.4 is 5.32 Å². The van der Waals surface area contributed by atoms with Crippen LogP contribution in [0.15, 0.2) is 51.8 Å². The number of carbonyl (C=O) groups is 2. The molecular weight excluding hydrogens is 368 g/mol. The summed E-state index contributed by atoms with van der Waals surface area (Å²) in [6.07, 6.45) is 3.18. The first kappa shape index (κ1) is 17.2. The summed E-state index contributed by atoms with van der Waals surface area (Å²) in [5.74, 6) is 0.437. The van der Waals surface area contributed by atoms with Gasteiger partial charge in [-0.15, -0.1) is 11.8 Å². The maximum atomic E-state index is 11.7. The highest BCUT2D eigenvalue weighted by molar-refractivity contribution is 8.15. The standard InChI is InChI=1S/C19H16N2O3S2/c1-25-13-5-2-11(3-6-13)10-17-20-14-8-12(4-7-15(14)24-17)9-16-18(22)21-19(23)26-16/h2-8,16H,9-10H2,1H3,(H,21,22,23). The third-order valence-corrected chi connectivity index (χ3v) is 5.92. The zero-order chi connectivity index (χ0) is 18.1. The summed E-state index contributed by atoms with van der Waals surface area (Å²) in [5.41, 5.74) is 3.60. The maximum Gasteiger partial charge on any atom is 0.286 e. The molecule has 1 aliphatic rings. The van der Waals surface area contributed by atoms with Gasteiger partial charge in [-0.1, -0.05) is 30.0 Å². The fourth-order valence-corrected chi connectivity index (χ4v) is 4.15. The molecule has 0 aliphatic carbocycles. The van der Waals surface area contributed by atoms with Gasteiger partial charge in [0, 0.05) is 11.3 Å². The number of imide groups is 1. The lowest BCUT2D eigenvalue weighted by Crippen LogP contribution is -2.25. The SMILES string of the molecule is CSc1ccc(Cc2nc3cc(CC4SC(=O)NC4=O)ccc3o2)cc1. The molecule has 1 saturated heterocycles. The largest absolute Gasteiger partial charge is 0.440 e. The average molecular weight is 384 g/mol. The molecule has 1 N–H and O–H groups in total. The van der Waals surface area contributed by atoms with Gasteiger partial charge in [-0.25, -0.2) is 4.98 Å². The minimum absolute atomic E-state index is 0.227. The van der Waals surface area contributed by atoms with Crippen LogP contribution >= 0.6 is 23.5 Å². The van der Waals surface area contributed by atoms with E-state index in [1.54, 1.807) is 11.8 Å². The van der Waals surface area contributed by atoms with Crippen LogP contribution in [0.25, 0.3) is 11.1 Å². The van der Waals surface area contributed by atoms with Crippen molar-refractivity contribution in [2.75, 3.05) is 6.26 Å². The first-order valence-corrected chi connectivity index (χ1v) is 10.2. The molecule has 2 amide bonds. The number of oxazole rings is 1. The summed E-state index contributed by atoms with van der Waals surface area (Å²) in [5, 5.41) is 1.66. The predicted molar refractivity (Wildman–Crippen MR) is 104 cm³/mol. The Hall–Kier alpha value is -2.25. The molecule has 3 aromatic rings. The Kier molecular flexibility index (Phi) is 4.74. The molecule has 2 heterocycles. The van der Waals surface area contributed by atoms with E-state index in [4.69, 9.17) is 4.42 Å². The van der Waals surface area contributed by atoms with Gasteiger partial charge in [0.2, 0.25) is 5.91 Å². The molecule has 0 saturated carbocycles. The Balaban J connectivity index is 1.51. The molecule has 0 bridgehead atoms. The number of nitrogens with one attached hydrogen (secondary N) is 1. The number of hydrogen-bond acceptors (Lipinski definition) is 6. The van der Waals surface area contributed by atoms with Gasteiger partial charge in [-0.2, -0.15) is 0 Å². The molecule has 132 valence electrons. The number of hydrogen-bond donors (Lipinski definition) is 1. The van der Waals surface area contributed by atoms with Crippen molar-refractivity contribution in [3.8, 4) is 0 Å². The van der Waals surface area contributed by atoms with Crippen molar-refractivity contribution in [1.82, 2.24) is 10.3 Å². The van der Waals surface area contributed by atoms with E-state index in [-0.39, 0.29) is 16.4 Å². The fraction of sp³-hybridized carbons (Fsp3) is 0.211. The van der Waals surface area contributed by atoms with E-state index in [1.807, 2.05) is 18.2 Å². The van der Waals surface area contributed by atoms with Gasteiger partial charge in [0.05, 0.1) is 5.25 Å². The lowest BCUT2D eigenvalue weighted by Gasteiger charge is -2.04. The van der Waals surface area contributed by atoms with Gasteiger partial charge < -0.3 is 4.42 Å². The van der Waals surface area contributed by atoms with Crippen LogP contribution in [-0.2, 0) is 17.6 Å². The van der Waals surface area contributed by atoms with E-state index >= 15 is 0 Å². The highest BCUT2D eigenvalue weighted by atomic mass is 32.2. The van der Waals surface area contributed by atoms with E-state index in [2.05, 4.69) is 40.8 Å². The minimum Gasteiger partial charge on any atom is -0.440 e. The summed E-state index contributed by atoms with van der Waals surface area (Å²) in [6.45, 7) is 0. The van der Waals surface area contributed by atoms with Crippen LogP contribution in [0.5, 0.6) is 0 Å².